The van der Waals surface area contributed by atoms with Crippen molar-refractivity contribution in [2.75, 3.05) is 6.61 Å². The summed E-state index contributed by atoms with van der Waals surface area (Å²) in [5.74, 6) is -4.86. The third-order valence-electron chi connectivity index (χ3n) is 5.06. The molecule has 0 saturated carbocycles. The third kappa shape index (κ3) is 3.15. The maximum absolute atomic E-state index is 13.7. The molecular formula is C19H17F2N3O5. The summed E-state index contributed by atoms with van der Waals surface area (Å²) in [6.45, 7) is 2.05. The van der Waals surface area contributed by atoms with Gasteiger partial charge >= 0.3 is 0 Å². The highest BCUT2D eigenvalue weighted by atomic mass is 19.1. The number of hydrogen-bond acceptors (Lipinski definition) is 5. The van der Waals surface area contributed by atoms with Crippen LogP contribution in [0.1, 0.15) is 33.3 Å². The lowest BCUT2D eigenvalue weighted by Gasteiger charge is -2.31. The Morgan fingerprint density at radius 1 is 1.34 bits per heavy atom. The molecule has 8 nitrogen and oxygen atoms in total. The number of rotatable bonds is 4. The van der Waals surface area contributed by atoms with Gasteiger partial charge in [-0.15, -0.1) is 0 Å². The van der Waals surface area contributed by atoms with Crippen LogP contribution in [0, 0.1) is 11.6 Å². The van der Waals surface area contributed by atoms with Gasteiger partial charge in [-0.05, 0) is 13.0 Å². The number of ether oxygens (including phenoxy) is 1. The molecule has 2 N–H and O–H groups in total. The van der Waals surface area contributed by atoms with Crippen molar-refractivity contribution in [3.05, 3.63) is 52.9 Å². The minimum atomic E-state index is -1.09. The molecule has 3 heterocycles. The van der Waals surface area contributed by atoms with E-state index in [4.69, 9.17) is 4.74 Å². The summed E-state index contributed by atoms with van der Waals surface area (Å²) in [6.07, 6.45) is 0.724. The van der Waals surface area contributed by atoms with Crippen molar-refractivity contribution in [2.45, 2.75) is 32.3 Å². The van der Waals surface area contributed by atoms with Crippen molar-refractivity contribution in [3.63, 3.8) is 0 Å². The van der Waals surface area contributed by atoms with Gasteiger partial charge in [-0.2, -0.15) is 0 Å². The fourth-order valence-electron chi connectivity index (χ4n) is 3.58. The number of carbonyl (C=O) groups excluding carboxylic acids is 3. The Balaban J connectivity index is 1.53. The lowest BCUT2D eigenvalue weighted by atomic mass is 10.1. The normalized spacial score (nSPS) is 20.4. The zero-order chi connectivity index (χ0) is 20.9. The third-order valence-corrected chi connectivity index (χ3v) is 5.06. The van der Waals surface area contributed by atoms with Crippen molar-refractivity contribution in [1.82, 2.24) is 14.8 Å². The fourth-order valence-corrected chi connectivity index (χ4v) is 3.58. The van der Waals surface area contributed by atoms with Gasteiger partial charge in [-0.3, -0.25) is 14.4 Å². The van der Waals surface area contributed by atoms with Crippen LogP contribution in [0.3, 0.4) is 0 Å². The van der Waals surface area contributed by atoms with Crippen molar-refractivity contribution >= 4 is 17.6 Å². The summed E-state index contributed by atoms with van der Waals surface area (Å²) in [5, 5.41) is 12.7. The molecule has 0 bridgehead atoms. The van der Waals surface area contributed by atoms with Crippen molar-refractivity contribution < 1.29 is 33.0 Å². The number of aromatic hydroxyl groups is 1. The molecule has 1 aromatic heterocycles. The van der Waals surface area contributed by atoms with Crippen LogP contribution in [0.15, 0.2) is 24.4 Å². The first-order chi connectivity index (χ1) is 13.8. The van der Waals surface area contributed by atoms with Gasteiger partial charge in [0, 0.05) is 24.4 Å². The maximum Gasteiger partial charge on any atom is 0.292 e. The van der Waals surface area contributed by atoms with Crippen LogP contribution in [0.25, 0.3) is 0 Å². The quantitative estimate of drug-likeness (QED) is 0.588. The Morgan fingerprint density at radius 2 is 2.10 bits per heavy atom. The zero-order valence-corrected chi connectivity index (χ0v) is 15.3. The SMILES string of the molecule is CC1COC2Cn3cc(C(=O)C(=O)NCc4ccc(F)cc4F)c(O)c3C(=O)N12. The molecule has 29 heavy (non-hydrogen) atoms. The topological polar surface area (TPSA) is 101 Å². The number of hydrogen-bond donors (Lipinski definition) is 2. The average Bonchev–Trinajstić information content (AvgIpc) is 3.21. The van der Waals surface area contributed by atoms with E-state index in [2.05, 4.69) is 5.32 Å². The number of Topliss-reactive ketones (excluding diaryl/α,β-unsaturated/α-hetero) is 1. The first kappa shape index (κ1) is 19.1. The summed E-state index contributed by atoms with van der Waals surface area (Å²) < 4.78 is 33.5. The zero-order valence-electron chi connectivity index (χ0n) is 15.3. The number of benzene rings is 1. The van der Waals surface area contributed by atoms with Crippen LogP contribution < -0.4 is 5.32 Å². The molecule has 0 spiro atoms. The average molecular weight is 405 g/mol. The van der Waals surface area contributed by atoms with E-state index in [-0.39, 0.29) is 36.0 Å². The van der Waals surface area contributed by atoms with Gasteiger partial charge in [0.15, 0.2) is 17.7 Å². The predicted molar refractivity (Wildman–Crippen MR) is 94.0 cm³/mol. The Kier molecular flexibility index (Phi) is 4.58. The Bertz CT molecular complexity index is 1040. The largest absolute Gasteiger partial charge is 0.505 e. The summed E-state index contributed by atoms with van der Waals surface area (Å²) in [4.78, 5) is 38.8. The highest BCUT2D eigenvalue weighted by Gasteiger charge is 2.43. The second-order valence-corrected chi connectivity index (χ2v) is 6.99. The summed E-state index contributed by atoms with van der Waals surface area (Å²) >= 11 is 0. The number of fused-ring (bicyclic) bond motifs is 2. The van der Waals surface area contributed by atoms with Crippen LogP contribution in [0.4, 0.5) is 8.78 Å². The van der Waals surface area contributed by atoms with Gasteiger partial charge in [0.05, 0.1) is 24.8 Å². The van der Waals surface area contributed by atoms with Crippen LogP contribution in [0.5, 0.6) is 5.75 Å². The van der Waals surface area contributed by atoms with E-state index < -0.39 is 41.2 Å². The summed E-state index contributed by atoms with van der Waals surface area (Å²) in [6, 6.07) is 2.67. The highest BCUT2D eigenvalue weighted by molar-refractivity contribution is 6.43. The molecule has 0 radical (unpaired) electrons. The lowest BCUT2D eigenvalue weighted by molar-refractivity contribution is -0.117. The standard InChI is InChI=1S/C19H17F2N3O5/c1-9-8-29-14-7-23-6-12(16(25)15(23)19(28)24(9)14)17(26)18(27)22-5-10-2-3-11(20)4-13(10)21/h2-4,6,9,14,25H,5,7-8H2,1H3,(H,22,27). The molecule has 1 fully saturated rings. The minimum absolute atomic E-state index is 0.00473. The fraction of sp³-hybridized carbons (Fsp3) is 0.316. The Labute approximate surface area is 163 Å². The van der Waals surface area contributed by atoms with Crippen molar-refractivity contribution in [3.8, 4) is 5.75 Å². The number of carbonyl (C=O) groups is 3. The molecule has 152 valence electrons. The molecule has 2 aliphatic rings. The van der Waals surface area contributed by atoms with Gasteiger partial charge in [0.1, 0.15) is 11.6 Å². The predicted octanol–water partition coefficient (Wildman–Crippen LogP) is 1.17. The molecule has 0 aliphatic carbocycles. The molecule has 2 atom stereocenters. The first-order valence-corrected chi connectivity index (χ1v) is 8.90. The van der Waals surface area contributed by atoms with Gasteiger partial charge in [0.2, 0.25) is 0 Å². The molecule has 2 amide bonds. The smallest absolute Gasteiger partial charge is 0.292 e. The van der Waals surface area contributed by atoms with E-state index in [0.717, 1.165) is 12.1 Å². The van der Waals surface area contributed by atoms with Gasteiger partial charge in [-0.25, -0.2) is 8.78 Å². The second kappa shape index (κ2) is 6.96. The number of nitrogens with zero attached hydrogens (tertiary/aromatic N) is 2. The summed E-state index contributed by atoms with van der Waals surface area (Å²) in [5.41, 5.74) is -0.423. The highest BCUT2D eigenvalue weighted by Crippen LogP contribution is 2.34. The Hall–Kier alpha value is -3.27. The number of halogens is 2. The molecule has 2 unspecified atom stereocenters. The van der Waals surface area contributed by atoms with Crippen molar-refractivity contribution in [2.24, 2.45) is 0 Å². The van der Waals surface area contributed by atoms with Gasteiger partial charge in [0.25, 0.3) is 17.6 Å². The van der Waals surface area contributed by atoms with E-state index in [9.17, 15) is 28.3 Å². The number of amides is 2. The number of nitrogens with one attached hydrogen (secondary N) is 1. The Morgan fingerprint density at radius 3 is 2.83 bits per heavy atom. The van der Waals surface area contributed by atoms with Gasteiger partial charge in [-0.1, -0.05) is 6.07 Å². The molecule has 4 rings (SSSR count). The van der Waals surface area contributed by atoms with E-state index >= 15 is 0 Å². The minimum Gasteiger partial charge on any atom is -0.505 e. The van der Waals surface area contributed by atoms with E-state index in [1.807, 2.05) is 6.92 Å². The van der Waals surface area contributed by atoms with Crippen molar-refractivity contribution in [1.29, 1.82) is 0 Å². The monoisotopic (exact) mass is 405 g/mol. The van der Waals surface area contributed by atoms with Crippen LogP contribution in [0.2, 0.25) is 0 Å². The number of aromatic nitrogens is 1. The lowest BCUT2D eigenvalue weighted by Crippen LogP contribution is -2.47. The van der Waals surface area contributed by atoms with Gasteiger partial charge < -0.3 is 24.6 Å². The molecule has 10 heteroatoms. The van der Waals surface area contributed by atoms with Crippen LogP contribution >= 0.6 is 0 Å². The van der Waals surface area contributed by atoms with E-state index in [0.29, 0.717) is 12.7 Å². The molecule has 2 aromatic rings. The van der Waals surface area contributed by atoms with Crippen LogP contribution in [-0.4, -0.2) is 51.0 Å². The molecule has 2 aliphatic heterocycles. The van der Waals surface area contributed by atoms with Crippen LogP contribution in [-0.2, 0) is 22.6 Å². The molecule has 1 aromatic carbocycles. The van der Waals surface area contributed by atoms with E-state index in [1.165, 1.54) is 15.7 Å². The molecule has 1 saturated heterocycles. The van der Waals surface area contributed by atoms with E-state index in [1.54, 1.807) is 0 Å². The first-order valence-electron chi connectivity index (χ1n) is 8.90. The second-order valence-electron chi connectivity index (χ2n) is 6.99. The number of ketones is 1. The maximum atomic E-state index is 13.7. The molecular weight excluding hydrogens is 388 g/mol. The summed E-state index contributed by atoms with van der Waals surface area (Å²) in [7, 11) is 0.